The zero-order valence-corrected chi connectivity index (χ0v) is 22.5. The maximum Gasteiger partial charge on any atom is 0.422 e. The summed E-state index contributed by atoms with van der Waals surface area (Å²) >= 11 is 0. The number of aromatic hydroxyl groups is 1. The summed E-state index contributed by atoms with van der Waals surface area (Å²) in [6, 6.07) is 15.5. The highest BCUT2D eigenvalue weighted by molar-refractivity contribution is 5.65. The first-order chi connectivity index (χ1) is 19.6. The molecule has 1 aliphatic rings. The number of nitrogens with zero attached hydrogens (tertiary/aromatic N) is 3. The fourth-order valence-corrected chi connectivity index (χ4v) is 4.47. The fourth-order valence-electron chi connectivity index (χ4n) is 4.47. The number of benzene rings is 2. The molecule has 10 nitrogen and oxygen atoms in total. The summed E-state index contributed by atoms with van der Waals surface area (Å²) in [5.41, 5.74) is 2.63. The molecular formula is C30H33N3O7. The van der Waals surface area contributed by atoms with E-state index >= 15 is 0 Å². The Kier molecular flexibility index (Phi) is 9.00. The van der Waals surface area contributed by atoms with Crippen LogP contribution in [0.5, 0.6) is 17.4 Å². The lowest BCUT2D eigenvalue weighted by Gasteiger charge is -2.26. The van der Waals surface area contributed by atoms with Gasteiger partial charge in [0, 0.05) is 38.7 Å². The average molecular weight is 548 g/mol. The van der Waals surface area contributed by atoms with Crippen molar-refractivity contribution >= 4 is 12.2 Å². The van der Waals surface area contributed by atoms with Crippen LogP contribution in [0.4, 0.5) is 0 Å². The summed E-state index contributed by atoms with van der Waals surface area (Å²) in [5.74, 6) is 1.22. The third-order valence-electron chi connectivity index (χ3n) is 6.71. The van der Waals surface area contributed by atoms with Crippen molar-refractivity contribution in [2.45, 2.75) is 26.0 Å². The Morgan fingerprint density at radius 3 is 2.65 bits per heavy atom. The van der Waals surface area contributed by atoms with Gasteiger partial charge in [0.15, 0.2) is 17.3 Å². The van der Waals surface area contributed by atoms with Crippen molar-refractivity contribution < 1.29 is 28.2 Å². The first-order valence-electron chi connectivity index (χ1n) is 13.3. The summed E-state index contributed by atoms with van der Waals surface area (Å²) in [4.78, 5) is 19.0. The van der Waals surface area contributed by atoms with E-state index in [0.717, 1.165) is 24.2 Å². The summed E-state index contributed by atoms with van der Waals surface area (Å²) in [6.45, 7) is 4.18. The molecule has 0 saturated carbocycles. The average Bonchev–Trinajstić information content (AvgIpc) is 3.56. The Morgan fingerprint density at radius 2 is 1.85 bits per heavy atom. The van der Waals surface area contributed by atoms with E-state index < -0.39 is 5.76 Å². The van der Waals surface area contributed by atoms with Gasteiger partial charge in [-0.1, -0.05) is 36.4 Å². The maximum absolute atomic E-state index is 12.4. The topological polar surface area (TPSA) is 112 Å². The minimum atomic E-state index is -0.551. The molecule has 2 aromatic heterocycles. The number of methoxy groups -OCH3 is 1. The minimum Gasteiger partial charge on any atom is -0.493 e. The molecule has 0 spiro atoms. The zero-order chi connectivity index (χ0) is 27.7. The number of ether oxygens (including phenoxy) is 3. The van der Waals surface area contributed by atoms with Gasteiger partial charge >= 0.3 is 5.76 Å². The molecule has 4 aromatic rings. The third kappa shape index (κ3) is 7.02. The van der Waals surface area contributed by atoms with E-state index in [-0.39, 0.29) is 18.2 Å². The third-order valence-corrected chi connectivity index (χ3v) is 6.71. The first-order valence-corrected chi connectivity index (χ1v) is 13.3. The Balaban J connectivity index is 1.18. The van der Waals surface area contributed by atoms with Gasteiger partial charge in [0.2, 0.25) is 11.8 Å². The van der Waals surface area contributed by atoms with Gasteiger partial charge in [-0.15, -0.1) is 0 Å². The fraction of sp³-hybridized carbons (Fsp3) is 0.333. The van der Waals surface area contributed by atoms with Crippen LogP contribution in [0.25, 0.3) is 12.2 Å². The predicted octanol–water partition coefficient (Wildman–Crippen LogP) is 4.01. The molecule has 0 bridgehead atoms. The second-order valence-electron chi connectivity index (χ2n) is 9.42. The number of morpholine rings is 1. The van der Waals surface area contributed by atoms with Crippen LogP contribution in [0.3, 0.4) is 0 Å². The molecule has 1 aliphatic heterocycles. The molecule has 1 saturated heterocycles. The van der Waals surface area contributed by atoms with Crippen molar-refractivity contribution in [1.29, 1.82) is 0 Å². The highest BCUT2D eigenvalue weighted by Crippen LogP contribution is 2.30. The second kappa shape index (κ2) is 13.2. The van der Waals surface area contributed by atoms with Crippen molar-refractivity contribution in [1.82, 2.24) is 14.5 Å². The summed E-state index contributed by atoms with van der Waals surface area (Å²) in [5, 5.41) is 10.6. The quantitative estimate of drug-likeness (QED) is 0.281. The van der Waals surface area contributed by atoms with Crippen LogP contribution in [0.15, 0.2) is 68.4 Å². The van der Waals surface area contributed by atoms with E-state index in [9.17, 15) is 9.90 Å². The van der Waals surface area contributed by atoms with E-state index in [2.05, 4.69) is 9.88 Å². The predicted molar refractivity (Wildman–Crippen MR) is 148 cm³/mol. The van der Waals surface area contributed by atoms with Crippen molar-refractivity contribution in [3.05, 3.63) is 93.8 Å². The van der Waals surface area contributed by atoms with Crippen molar-refractivity contribution in [3.8, 4) is 17.4 Å². The number of aryl methyl sites for hydroxylation is 2. The minimum absolute atomic E-state index is 0.119. The van der Waals surface area contributed by atoms with Crippen LogP contribution in [0.1, 0.15) is 28.5 Å². The molecular weight excluding hydrogens is 514 g/mol. The zero-order valence-electron chi connectivity index (χ0n) is 22.5. The molecule has 0 radical (unpaired) electrons. The van der Waals surface area contributed by atoms with Crippen LogP contribution in [0, 0.1) is 0 Å². The van der Waals surface area contributed by atoms with Gasteiger partial charge in [0.1, 0.15) is 18.6 Å². The normalized spacial score (nSPS) is 14.1. The molecule has 10 heteroatoms. The number of hydrogen-bond acceptors (Lipinski definition) is 9. The Morgan fingerprint density at radius 1 is 1.02 bits per heavy atom. The molecule has 2 aromatic carbocycles. The molecule has 3 heterocycles. The van der Waals surface area contributed by atoms with Crippen molar-refractivity contribution in [2.24, 2.45) is 0 Å². The van der Waals surface area contributed by atoms with Gasteiger partial charge in [0.05, 0.1) is 20.3 Å². The van der Waals surface area contributed by atoms with E-state index in [1.165, 1.54) is 4.57 Å². The second-order valence-corrected chi connectivity index (χ2v) is 9.42. The largest absolute Gasteiger partial charge is 0.493 e. The number of rotatable bonds is 12. The molecule has 0 amide bonds. The van der Waals surface area contributed by atoms with Crippen LogP contribution in [-0.4, -0.2) is 59.5 Å². The lowest BCUT2D eigenvalue weighted by Crippen LogP contribution is -2.38. The van der Waals surface area contributed by atoms with E-state index in [0.29, 0.717) is 62.2 Å². The molecule has 0 unspecified atom stereocenters. The van der Waals surface area contributed by atoms with E-state index in [1.54, 1.807) is 13.4 Å². The highest BCUT2D eigenvalue weighted by atomic mass is 16.5. The molecule has 0 atom stereocenters. The Hall–Kier alpha value is -4.28. The molecule has 5 rings (SSSR count). The monoisotopic (exact) mass is 547 g/mol. The van der Waals surface area contributed by atoms with Gasteiger partial charge in [-0.3, -0.25) is 4.90 Å². The van der Waals surface area contributed by atoms with Gasteiger partial charge in [-0.25, -0.2) is 14.3 Å². The molecule has 0 aliphatic carbocycles. The van der Waals surface area contributed by atoms with Crippen molar-refractivity contribution in [2.75, 3.05) is 40.0 Å². The van der Waals surface area contributed by atoms with Crippen molar-refractivity contribution in [3.63, 3.8) is 0 Å². The molecule has 210 valence electrons. The van der Waals surface area contributed by atoms with Gasteiger partial charge in [-0.2, -0.15) is 0 Å². The van der Waals surface area contributed by atoms with Crippen LogP contribution >= 0.6 is 0 Å². The summed E-state index contributed by atoms with van der Waals surface area (Å²) in [6.07, 6.45) is 6.20. The number of aromatic nitrogens is 2. The molecule has 1 fully saturated rings. The van der Waals surface area contributed by atoms with Gasteiger partial charge < -0.3 is 28.2 Å². The standard InChI is InChI=1S/C30H33N3O7/c1-36-25-10-7-23(8-11-26-29(34)33(30(35)40-26)14-13-32-15-17-37-18-16-32)19-27(25)38-20-24-21-39-28(31-24)12-9-22-5-3-2-4-6-22/h2-7,9-10,12,19,21,34H,8,11,13-18,20H2,1H3. The Labute approximate surface area is 232 Å². The van der Waals surface area contributed by atoms with E-state index in [4.69, 9.17) is 23.0 Å². The van der Waals surface area contributed by atoms with Crippen LogP contribution < -0.4 is 15.2 Å². The first kappa shape index (κ1) is 27.3. The van der Waals surface area contributed by atoms with E-state index in [1.807, 2.05) is 60.7 Å². The Bertz CT molecular complexity index is 1470. The number of oxazole rings is 2. The van der Waals surface area contributed by atoms with Crippen LogP contribution in [0.2, 0.25) is 0 Å². The summed E-state index contributed by atoms with van der Waals surface area (Å²) < 4.78 is 29.0. The molecule has 40 heavy (non-hydrogen) atoms. The SMILES string of the molecule is COc1ccc(CCc2oc(=O)n(CCN3CCOCC3)c2O)cc1OCc1coc(C=Cc2ccccc2)n1. The smallest absolute Gasteiger partial charge is 0.422 e. The number of hydrogen-bond donors (Lipinski definition) is 1. The maximum atomic E-state index is 12.4. The lowest BCUT2D eigenvalue weighted by atomic mass is 10.1. The lowest BCUT2D eigenvalue weighted by molar-refractivity contribution is 0.0359. The molecule has 1 N–H and O–H groups in total. The van der Waals surface area contributed by atoms with Gasteiger partial charge in [-0.05, 0) is 35.8 Å². The van der Waals surface area contributed by atoms with Crippen LogP contribution in [-0.2, 0) is 30.7 Å². The highest BCUT2D eigenvalue weighted by Gasteiger charge is 2.18. The van der Waals surface area contributed by atoms with Gasteiger partial charge in [0.25, 0.3) is 0 Å². The summed E-state index contributed by atoms with van der Waals surface area (Å²) in [7, 11) is 1.58.